The van der Waals surface area contributed by atoms with Gasteiger partial charge in [0.25, 0.3) is 10.0 Å². The molecule has 0 aliphatic carbocycles. The molecular weight excluding hydrogens is 784 g/mol. The number of halogens is 1. The summed E-state index contributed by atoms with van der Waals surface area (Å²) in [6.07, 6.45) is 9.58. The highest BCUT2D eigenvalue weighted by Crippen LogP contribution is 2.40. The molecule has 2 atom stereocenters. The van der Waals surface area contributed by atoms with Gasteiger partial charge in [0, 0.05) is 45.9 Å². The van der Waals surface area contributed by atoms with E-state index in [2.05, 4.69) is 42.4 Å². The molecular formula is C46H47FN6O4S2. The molecule has 13 heteroatoms. The second kappa shape index (κ2) is 16.3. The summed E-state index contributed by atoms with van der Waals surface area (Å²) in [5.74, 6) is -1.03. The zero-order chi connectivity index (χ0) is 41.5. The number of rotatable bonds is 6. The van der Waals surface area contributed by atoms with Gasteiger partial charge in [-0.2, -0.15) is 5.10 Å². The molecule has 59 heavy (non-hydrogen) atoms. The third-order valence-corrected chi connectivity index (χ3v) is 14.2. The van der Waals surface area contributed by atoms with Crippen molar-refractivity contribution < 1.29 is 22.3 Å². The fraction of sp³-hybridized carbons (Fsp3) is 0.304. The zero-order valence-electron chi connectivity index (χ0n) is 33.8. The van der Waals surface area contributed by atoms with Crippen molar-refractivity contribution in [2.75, 3.05) is 7.11 Å². The Morgan fingerprint density at radius 3 is 2.59 bits per heavy atom. The number of carbonyl (C=O) groups excluding carboxylic acids is 1. The molecule has 1 aliphatic rings. The number of fused-ring (bicyclic) bond motifs is 10. The van der Waals surface area contributed by atoms with Gasteiger partial charge in [-0.05, 0) is 79.3 Å². The highest BCUT2D eigenvalue weighted by molar-refractivity contribution is 7.99. The fourth-order valence-corrected chi connectivity index (χ4v) is 10.3. The molecule has 0 spiro atoms. The molecule has 7 aromatic rings. The first-order valence-corrected chi connectivity index (χ1v) is 22.1. The van der Waals surface area contributed by atoms with Gasteiger partial charge in [0.2, 0.25) is 0 Å². The number of ether oxygens (including phenoxy) is 1. The van der Waals surface area contributed by atoms with E-state index in [0.29, 0.717) is 22.3 Å². The van der Waals surface area contributed by atoms with Gasteiger partial charge in [-0.3, -0.25) is 9.48 Å². The van der Waals surface area contributed by atoms with E-state index in [0.717, 1.165) is 68.2 Å². The van der Waals surface area contributed by atoms with E-state index in [1.165, 1.54) is 31.1 Å². The van der Waals surface area contributed by atoms with Crippen molar-refractivity contribution >= 4 is 38.7 Å². The van der Waals surface area contributed by atoms with Crippen LogP contribution in [0.25, 0.3) is 22.2 Å². The standard InChI is InChI=1S/C46H47FN6O4S2/c1-30-15-17-36(18-16-30)59(55,56)53-23-19-37-38-28-51-29-43(48-50-51)46(3,4)21-7-6-14-41(34-12-8-10-32(25-34)24-31(2)45(54)57-5)52-22-20-40(49-52)33-11-9-13-35(26-33)58-44(38)39(47)27-42(37)53/h8-13,15-20,22-23,25-27,29,31,41H,6-7,14,21,24,28H2,1-5H3/t31-,41?/m0/s1. The summed E-state index contributed by atoms with van der Waals surface area (Å²) in [4.78, 5) is 13.5. The molecule has 6 bridgehead atoms. The van der Waals surface area contributed by atoms with E-state index in [4.69, 9.17) is 9.84 Å². The summed E-state index contributed by atoms with van der Waals surface area (Å²) in [5, 5.41) is 14.9. The van der Waals surface area contributed by atoms with Gasteiger partial charge >= 0.3 is 5.97 Å². The summed E-state index contributed by atoms with van der Waals surface area (Å²) >= 11 is 1.29. The van der Waals surface area contributed by atoms with Gasteiger partial charge in [-0.1, -0.05) is 105 Å². The predicted molar refractivity (Wildman–Crippen MR) is 228 cm³/mol. The maximum absolute atomic E-state index is 16.7. The summed E-state index contributed by atoms with van der Waals surface area (Å²) in [7, 11) is -2.60. The van der Waals surface area contributed by atoms with Crippen molar-refractivity contribution in [1.29, 1.82) is 0 Å². The second-order valence-electron chi connectivity index (χ2n) is 16.2. The highest BCUT2D eigenvalue weighted by atomic mass is 32.2. The Hall–Kier alpha value is -5.53. The van der Waals surface area contributed by atoms with Gasteiger partial charge in [-0.25, -0.2) is 21.5 Å². The van der Waals surface area contributed by atoms with Gasteiger partial charge < -0.3 is 4.74 Å². The number of benzene rings is 4. The van der Waals surface area contributed by atoms with E-state index in [1.54, 1.807) is 35.0 Å². The lowest BCUT2D eigenvalue weighted by atomic mass is 9.83. The van der Waals surface area contributed by atoms with Gasteiger partial charge in [0.1, 0.15) is 5.82 Å². The first kappa shape index (κ1) is 40.3. The van der Waals surface area contributed by atoms with Crippen LogP contribution in [-0.4, -0.2) is 50.2 Å². The number of aromatic nitrogens is 6. The minimum atomic E-state index is -4.02. The molecule has 10 nitrogen and oxygen atoms in total. The van der Waals surface area contributed by atoms with Crippen LogP contribution in [0.15, 0.2) is 124 Å². The van der Waals surface area contributed by atoms with Crippen LogP contribution < -0.4 is 0 Å². The van der Waals surface area contributed by atoms with Crippen LogP contribution in [0.5, 0.6) is 0 Å². The number of hydrogen-bond donors (Lipinski definition) is 0. The Kier molecular flexibility index (Phi) is 11.1. The maximum Gasteiger partial charge on any atom is 0.308 e. The van der Waals surface area contributed by atoms with Crippen molar-refractivity contribution in [2.45, 2.75) is 92.5 Å². The Balaban J connectivity index is 1.21. The Labute approximate surface area is 348 Å². The van der Waals surface area contributed by atoms with E-state index < -0.39 is 15.8 Å². The highest BCUT2D eigenvalue weighted by Gasteiger charge is 2.28. The fourth-order valence-electron chi connectivity index (χ4n) is 7.98. The minimum absolute atomic E-state index is 0.0497. The van der Waals surface area contributed by atoms with E-state index >= 15 is 4.39 Å². The van der Waals surface area contributed by atoms with Crippen LogP contribution in [-0.2, 0) is 37.9 Å². The SMILES string of the molecule is COC(=O)[C@@H](C)Cc1cccc(C2CCCCC(C)(C)c3cn(nn3)Cc3c(c(F)cc4c3ccn4S(=O)(=O)c3ccc(C)cc3)Sc3cccc(c3)-c3ccn2n3)c1. The molecule has 1 unspecified atom stereocenters. The Morgan fingerprint density at radius 2 is 1.80 bits per heavy atom. The van der Waals surface area contributed by atoms with Crippen LogP contribution in [0.1, 0.15) is 80.4 Å². The average Bonchev–Trinajstić information content (AvgIpc) is 4.00. The van der Waals surface area contributed by atoms with Crippen molar-refractivity contribution in [2.24, 2.45) is 5.92 Å². The lowest BCUT2D eigenvalue weighted by Crippen LogP contribution is -2.18. The van der Waals surface area contributed by atoms with Crippen molar-refractivity contribution in [3.8, 4) is 11.3 Å². The molecule has 304 valence electrons. The largest absolute Gasteiger partial charge is 0.469 e. The van der Waals surface area contributed by atoms with E-state index in [9.17, 15) is 13.2 Å². The molecule has 4 heterocycles. The number of nitrogens with zero attached hydrogens (tertiary/aromatic N) is 6. The van der Waals surface area contributed by atoms with Crippen molar-refractivity contribution in [3.63, 3.8) is 0 Å². The summed E-state index contributed by atoms with van der Waals surface area (Å²) < 4.78 is 54.5. The topological polar surface area (TPSA) is 114 Å². The predicted octanol–water partition coefficient (Wildman–Crippen LogP) is 9.77. The van der Waals surface area contributed by atoms with Crippen molar-refractivity contribution in [3.05, 3.63) is 143 Å². The first-order chi connectivity index (χ1) is 28.3. The van der Waals surface area contributed by atoms with Gasteiger partial charge in [0.05, 0.1) is 52.3 Å². The number of esters is 1. The Morgan fingerprint density at radius 1 is 1.00 bits per heavy atom. The third kappa shape index (κ3) is 8.23. The number of methoxy groups -OCH3 is 1. The Bertz CT molecular complexity index is 2770. The normalized spacial score (nSPS) is 16.4. The number of aryl methyl sites for hydroxylation is 1. The van der Waals surface area contributed by atoms with Gasteiger partial charge in [0.15, 0.2) is 0 Å². The quantitative estimate of drug-likeness (QED) is 0.152. The van der Waals surface area contributed by atoms with Crippen molar-refractivity contribution in [1.82, 2.24) is 28.7 Å². The minimum Gasteiger partial charge on any atom is -0.469 e. The molecule has 0 saturated heterocycles. The summed E-state index contributed by atoms with van der Waals surface area (Å²) in [6, 6.07) is 27.9. The van der Waals surface area contributed by atoms with Crippen LogP contribution in [0, 0.1) is 18.7 Å². The first-order valence-electron chi connectivity index (χ1n) is 19.9. The van der Waals surface area contributed by atoms with Crippen LogP contribution in [0.2, 0.25) is 0 Å². The molecule has 0 amide bonds. The molecule has 4 aromatic carbocycles. The molecule has 1 aliphatic heterocycles. The molecule has 0 saturated carbocycles. The smallest absolute Gasteiger partial charge is 0.308 e. The van der Waals surface area contributed by atoms with Crippen LogP contribution >= 0.6 is 11.8 Å². The monoisotopic (exact) mass is 830 g/mol. The molecule has 8 rings (SSSR count). The summed E-state index contributed by atoms with van der Waals surface area (Å²) in [5.41, 5.74) is 6.16. The maximum atomic E-state index is 16.7. The van der Waals surface area contributed by atoms with Gasteiger partial charge in [-0.15, -0.1) is 5.10 Å². The average molecular weight is 831 g/mol. The van der Waals surface area contributed by atoms with Crippen LogP contribution in [0.4, 0.5) is 4.39 Å². The number of carbonyl (C=O) groups is 1. The van der Waals surface area contributed by atoms with E-state index in [1.807, 2.05) is 67.3 Å². The third-order valence-electron chi connectivity index (χ3n) is 11.4. The van der Waals surface area contributed by atoms with E-state index in [-0.39, 0.29) is 40.3 Å². The molecule has 3 aromatic heterocycles. The van der Waals surface area contributed by atoms with Crippen LogP contribution in [0.3, 0.4) is 0 Å². The lowest BCUT2D eigenvalue weighted by molar-refractivity contribution is -0.144. The molecule has 0 radical (unpaired) electrons. The molecule has 0 N–H and O–H groups in total. The second-order valence-corrected chi connectivity index (χ2v) is 19.1. The zero-order valence-corrected chi connectivity index (χ0v) is 35.4. The molecule has 0 fully saturated rings. The lowest BCUT2D eigenvalue weighted by Gasteiger charge is -2.23. The summed E-state index contributed by atoms with van der Waals surface area (Å²) in [6.45, 7) is 8.28. The number of hydrogen-bond acceptors (Lipinski definition) is 8.